The predicted molar refractivity (Wildman–Crippen MR) is 473 cm³/mol. The third-order valence-electron chi connectivity index (χ3n) is 17.0. The van der Waals surface area contributed by atoms with Gasteiger partial charge in [0, 0.05) is 48.5 Å². The van der Waals surface area contributed by atoms with Gasteiger partial charge in [-0.1, -0.05) is 7.43 Å². The highest BCUT2D eigenvalue weighted by Gasteiger charge is 2.24. The second-order valence-electron chi connectivity index (χ2n) is 27.2. The Morgan fingerprint density at radius 1 is 0.308 bits per heavy atom. The molecule has 8 rings (SSSR count). The largest absolute Gasteiger partial charge is 0.463 e. The molecule has 0 saturated carbocycles. The summed E-state index contributed by atoms with van der Waals surface area (Å²) in [6, 6.07) is 26.9. The summed E-state index contributed by atoms with van der Waals surface area (Å²) in [5.74, 6) is -15.4. The lowest BCUT2D eigenvalue weighted by atomic mass is 10.1. The number of benzene rings is 8. The number of nitrogens with one attached hydrogen (secondary N) is 4. The zero-order valence-corrected chi connectivity index (χ0v) is 74.8. The number of nitrogens with two attached hydrogens (primary N) is 4. The van der Waals surface area contributed by atoms with E-state index in [9.17, 15) is 88.0 Å². The van der Waals surface area contributed by atoms with Gasteiger partial charge in [0.2, 0.25) is 40.1 Å². The van der Waals surface area contributed by atoms with Crippen molar-refractivity contribution in [2.75, 3.05) is 119 Å². The Morgan fingerprint density at radius 3 is 0.669 bits per heavy atom. The minimum atomic E-state index is -3.98. The number of amides is 2. The maximum atomic E-state index is 14.7. The summed E-state index contributed by atoms with van der Waals surface area (Å²) in [6.45, 7) is 10.0. The van der Waals surface area contributed by atoms with Gasteiger partial charge in [-0.15, -0.1) is 0 Å². The number of sulfonamides is 4. The van der Waals surface area contributed by atoms with Crippen LogP contribution in [0.3, 0.4) is 0 Å². The van der Waals surface area contributed by atoms with Gasteiger partial charge in [-0.3, -0.25) is 9.59 Å². The molecule has 0 unspecified atom stereocenters. The maximum absolute atomic E-state index is 14.7. The third-order valence-corrected chi connectivity index (χ3v) is 22.9. The van der Waals surface area contributed by atoms with Crippen molar-refractivity contribution >= 4 is 100 Å². The number of hydrogen-bond acceptors (Lipinski definition) is 24. The van der Waals surface area contributed by atoms with Crippen molar-refractivity contribution < 1.29 is 145 Å². The first kappa shape index (κ1) is 109. The van der Waals surface area contributed by atoms with Gasteiger partial charge in [-0.25, -0.2) is 97.3 Å². The Hall–Kier alpha value is -12.4. The minimum Gasteiger partial charge on any atom is -0.463 e. The van der Waals surface area contributed by atoms with Gasteiger partial charge in [0.15, 0.2) is 81.5 Å². The summed E-state index contributed by atoms with van der Waals surface area (Å²) in [7, 11) is -15.9. The quantitative estimate of drug-likeness (QED) is 0.00438. The molecule has 12 N–H and O–H groups in total. The normalized spacial score (nSPS) is 12.1. The number of halogens is 8. The van der Waals surface area contributed by atoms with Crippen LogP contribution in [0.25, 0.3) is 24.3 Å². The molecule has 8 aromatic rings. The van der Waals surface area contributed by atoms with Crippen LogP contribution in [0.4, 0.5) is 35.1 Å². The summed E-state index contributed by atoms with van der Waals surface area (Å²) in [5.41, 5.74) is 21.2. The average molecular weight is 1950 g/mol. The number of guanidine groups is 2. The zero-order chi connectivity index (χ0) is 96.9. The zero-order valence-electron chi connectivity index (χ0n) is 71.6. The van der Waals surface area contributed by atoms with Crippen LogP contribution in [0.15, 0.2) is 197 Å². The fraction of sp³-hybridized carbons (Fsp3) is 0.287. The number of esters is 2. The van der Waals surface area contributed by atoms with Gasteiger partial charge in [0.1, 0.15) is 23.0 Å². The second-order valence-corrected chi connectivity index (χ2v) is 34.3. The smallest absolute Gasteiger partial charge is 0.333 e. The van der Waals surface area contributed by atoms with Crippen molar-refractivity contribution in [3.8, 4) is 46.0 Å². The summed E-state index contributed by atoms with van der Waals surface area (Å²) >= 11 is 0. The van der Waals surface area contributed by atoms with Gasteiger partial charge in [-0.2, -0.15) is 9.98 Å². The number of aliphatic imine (C=N–C) groups is 2. The first-order valence-corrected chi connectivity index (χ1v) is 45.4. The van der Waals surface area contributed by atoms with Crippen LogP contribution in [-0.2, 0) is 97.2 Å². The molecule has 0 aliphatic rings. The lowest BCUT2D eigenvalue weighted by Crippen LogP contribution is -2.28. The van der Waals surface area contributed by atoms with E-state index < -0.39 is 145 Å². The van der Waals surface area contributed by atoms with E-state index in [4.69, 9.17) is 79.8 Å². The Labute approximate surface area is 762 Å². The van der Waals surface area contributed by atoms with E-state index in [1.807, 2.05) is 0 Å². The molecular formula is C87H98F8N10O24S4. The molecule has 0 bridgehead atoms. The molecule has 0 atom stereocenters. The number of hydrogen-bond donors (Lipinski definition) is 8. The van der Waals surface area contributed by atoms with Crippen molar-refractivity contribution in [2.24, 2.45) is 32.9 Å². The molecule has 720 valence electrons. The second kappa shape index (κ2) is 53.3. The van der Waals surface area contributed by atoms with Gasteiger partial charge in [0.25, 0.3) is 11.8 Å². The van der Waals surface area contributed by atoms with Crippen LogP contribution >= 0.6 is 0 Å². The highest BCUT2D eigenvalue weighted by molar-refractivity contribution is 7.90. The summed E-state index contributed by atoms with van der Waals surface area (Å²) in [5, 5.41) is 0. The number of nitrogens with zero attached hydrogens (tertiary/aromatic N) is 2. The number of carbonyl (C=O) groups excluding carboxylic acids is 4. The van der Waals surface area contributed by atoms with Crippen molar-refractivity contribution in [1.82, 2.24) is 18.9 Å². The fourth-order valence-electron chi connectivity index (χ4n) is 10.8. The van der Waals surface area contributed by atoms with Gasteiger partial charge in [0.05, 0.1) is 112 Å². The number of rotatable bonds is 50. The van der Waals surface area contributed by atoms with Gasteiger partial charge < -0.3 is 79.8 Å². The van der Waals surface area contributed by atoms with Crippen LogP contribution in [0.1, 0.15) is 71.2 Å². The topological polar surface area (TPSA) is 493 Å². The summed E-state index contributed by atoms with van der Waals surface area (Å²) < 4.78 is 292. The first-order chi connectivity index (χ1) is 62.6. The fourth-order valence-corrected chi connectivity index (χ4v) is 14.9. The van der Waals surface area contributed by atoms with Crippen LogP contribution < -0.4 is 60.8 Å². The Morgan fingerprint density at radius 2 is 0.489 bits per heavy atom. The highest BCUT2D eigenvalue weighted by Crippen LogP contribution is 2.36. The molecule has 0 aromatic heterocycles. The lowest BCUT2D eigenvalue weighted by molar-refractivity contribution is -0.139. The van der Waals surface area contributed by atoms with Crippen molar-refractivity contribution in [3.05, 3.63) is 237 Å². The maximum Gasteiger partial charge on any atom is 0.333 e. The van der Waals surface area contributed by atoms with E-state index in [1.54, 1.807) is 13.8 Å². The number of ether oxygens (including phenoxy) is 12. The predicted octanol–water partition coefficient (Wildman–Crippen LogP) is 11.2. The van der Waals surface area contributed by atoms with E-state index in [2.05, 4.69) is 28.9 Å². The molecule has 0 radical (unpaired) electrons. The molecule has 0 heterocycles. The molecule has 0 fully saturated rings. The highest BCUT2D eigenvalue weighted by atomic mass is 32.2. The van der Waals surface area contributed by atoms with Crippen LogP contribution in [-0.4, -0.2) is 188 Å². The number of carbonyl (C=O) groups is 4. The summed E-state index contributed by atoms with van der Waals surface area (Å²) in [4.78, 5) is 53.5. The monoisotopic (exact) mass is 1950 g/mol. The molecule has 0 saturated heterocycles. The molecule has 133 heavy (non-hydrogen) atoms. The van der Waals surface area contributed by atoms with Gasteiger partial charge >= 0.3 is 11.9 Å². The van der Waals surface area contributed by atoms with Gasteiger partial charge in [-0.05, 0) is 234 Å². The van der Waals surface area contributed by atoms with Crippen molar-refractivity contribution in [3.63, 3.8) is 0 Å². The molecule has 46 heteroatoms. The molecule has 2 amide bonds. The Bertz CT molecular complexity index is 5570. The van der Waals surface area contributed by atoms with E-state index in [0.29, 0.717) is 0 Å². The Kier molecular flexibility index (Phi) is 43.8. The molecular weight excluding hydrogens is 1850 g/mol. The standard InChI is InChI=1S/C44H48F4N2O13S2.C42H46F4N8O11S2.CH4/c1-5-60-43(51)29(3)23-31-25-37(45)41(38(46)26-31)62-33-7-11-35(12-8-33)64(53,54)49-15-17-57-19-21-59-22-20-58-18-16-50-65(55,56)36-13-9-34(10-14-36)63-42-39(47)27-32(28-40(42)48)24-30(4)44(52)61-6-2;1-25(39(55)53-41(47)48)19-27-21-33(43)37(34(44)22-27)64-29-3-7-31(8-4-29)66(57,58)51-11-13-61-15-17-63-18-16-62-14-12-52-67(59,60)32-9-5-30(6-10-32)65-38-35(45)23-28(24-36(38)46)20-26(2)40(56)54-42(49)50;/h7-14,23-28,49-50H,5-6,15-22H2,1-4H3;3-10,19-24,51-52H,11-18H2,1-2H3,(H4,47,48,53,55)(H4,49,50,54,56);1H4/b29-23+,30-24+;25-19+,26-20+;. The minimum absolute atomic E-state index is 0. The average Bonchev–Trinajstić information content (AvgIpc) is 0.823. The molecule has 8 aromatic carbocycles. The summed E-state index contributed by atoms with van der Waals surface area (Å²) in [6.07, 6.45) is 4.89. The molecule has 0 aliphatic heterocycles. The lowest BCUT2D eigenvalue weighted by Gasteiger charge is -2.11. The van der Waals surface area contributed by atoms with E-state index in [1.165, 1.54) is 149 Å². The van der Waals surface area contributed by atoms with Crippen LogP contribution in [0.5, 0.6) is 46.0 Å². The van der Waals surface area contributed by atoms with E-state index >= 15 is 0 Å². The Balaban J connectivity index is 0.000000406. The first-order valence-electron chi connectivity index (χ1n) is 39.5. The SMILES string of the molecule is C.C/C(=C\c1cc(F)c(Oc2ccc(S(=O)(=O)NCCOCCOCCOCCNS(=O)(=O)c3ccc(Oc4c(F)cc(/C=C(\C)C(=O)N=C(N)N)cc4F)cc3)cc2)c(F)c1)C(=O)N=C(N)N.CCOC(=O)/C(C)=C/c1cc(F)c(Oc2ccc(S(=O)(=O)NCCOCCOCCOCCNS(=O)(=O)c3ccc(Oc4c(F)cc(/C=C(\C)C(=O)OCC)cc4F)cc3)cc2)c(F)c1. The van der Waals surface area contributed by atoms with E-state index in [-0.39, 0.29) is 213 Å². The van der Waals surface area contributed by atoms with E-state index in [0.717, 1.165) is 48.5 Å². The third kappa shape index (κ3) is 36.2. The molecule has 0 aliphatic carbocycles. The van der Waals surface area contributed by atoms with Crippen molar-refractivity contribution in [1.29, 1.82) is 0 Å². The van der Waals surface area contributed by atoms with Crippen molar-refractivity contribution in [2.45, 2.75) is 68.6 Å². The van der Waals surface area contributed by atoms with Crippen LogP contribution in [0.2, 0.25) is 0 Å². The molecule has 34 nitrogen and oxygen atoms in total. The molecule has 0 spiro atoms. The van der Waals surface area contributed by atoms with Crippen LogP contribution in [0, 0.1) is 46.5 Å².